The van der Waals surface area contributed by atoms with Crippen LogP contribution in [0.3, 0.4) is 0 Å². The molecule has 0 spiro atoms. The van der Waals surface area contributed by atoms with Gasteiger partial charge >= 0.3 is 39.5 Å². The summed E-state index contributed by atoms with van der Waals surface area (Å²) in [5.41, 5.74) is 0. The minimum Gasteiger partial charge on any atom is -0.462 e. The fourth-order valence-corrected chi connectivity index (χ4v) is 12.0. The largest absolute Gasteiger partial charge is 0.472 e. The number of esters is 4. The Morgan fingerprint density at radius 3 is 0.807 bits per heavy atom. The van der Waals surface area contributed by atoms with Crippen molar-refractivity contribution in [1.29, 1.82) is 0 Å². The van der Waals surface area contributed by atoms with Gasteiger partial charge in [-0.1, -0.05) is 304 Å². The number of unbranched alkanes of at least 4 members (excludes halogenated alkanes) is 40. The molecule has 0 fully saturated rings. The van der Waals surface area contributed by atoms with Gasteiger partial charge in [-0.3, -0.25) is 37.3 Å². The van der Waals surface area contributed by atoms with Crippen LogP contribution in [0.15, 0.2) is 0 Å². The maximum Gasteiger partial charge on any atom is 0.472 e. The van der Waals surface area contributed by atoms with Crippen molar-refractivity contribution < 1.29 is 80.2 Å². The maximum atomic E-state index is 13.0. The van der Waals surface area contributed by atoms with E-state index in [9.17, 15) is 43.2 Å². The van der Waals surface area contributed by atoms with Crippen molar-refractivity contribution in [3.8, 4) is 0 Å². The zero-order chi connectivity index (χ0) is 64.9. The van der Waals surface area contributed by atoms with Gasteiger partial charge in [-0.25, -0.2) is 9.13 Å². The predicted molar refractivity (Wildman–Crippen MR) is 354 cm³/mol. The lowest BCUT2D eigenvalue weighted by atomic mass is 10.00. The van der Waals surface area contributed by atoms with E-state index in [1.165, 1.54) is 180 Å². The normalized spacial score (nSPS) is 14.4. The molecule has 0 aromatic carbocycles. The number of carbonyl (C=O) groups excluding carboxylic acids is 4. The average Bonchev–Trinajstić information content (AvgIpc) is 3.70. The molecule has 0 bridgehead atoms. The summed E-state index contributed by atoms with van der Waals surface area (Å²) in [6, 6.07) is 0. The predicted octanol–water partition coefficient (Wildman–Crippen LogP) is 19.7. The number of phosphoric ester groups is 2. The Kier molecular flexibility index (Phi) is 61.1. The minimum atomic E-state index is -4.95. The number of hydrogen-bond donors (Lipinski definition) is 3. The molecule has 3 N–H and O–H groups in total. The molecule has 0 aromatic heterocycles. The molecular weight excluding hydrogens is 1160 g/mol. The van der Waals surface area contributed by atoms with Crippen LogP contribution in [0, 0.1) is 5.92 Å². The molecule has 0 heterocycles. The molecule has 0 aliphatic heterocycles. The maximum absolute atomic E-state index is 13.0. The summed E-state index contributed by atoms with van der Waals surface area (Å²) in [4.78, 5) is 72.4. The number of phosphoric acid groups is 2. The van der Waals surface area contributed by atoms with Gasteiger partial charge in [0.05, 0.1) is 26.4 Å². The number of ether oxygens (including phenoxy) is 4. The first kappa shape index (κ1) is 86.1. The molecule has 522 valence electrons. The monoisotopic (exact) mass is 1300 g/mol. The second kappa shape index (κ2) is 62.5. The van der Waals surface area contributed by atoms with Gasteiger partial charge in [0.2, 0.25) is 0 Å². The van der Waals surface area contributed by atoms with E-state index in [0.29, 0.717) is 25.7 Å². The van der Waals surface area contributed by atoms with E-state index < -0.39 is 97.5 Å². The van der Waals surface area contributed by atoms with E-state index in [1.807, 2.05) is 0 Å². The van der Waals surface area contributed by atoms with Gasteiger partial charge in [0.15, 0.2) is 12.2 Å². The summed E-state index contributed by atoms with van der Waals surface area (Å²) < 4.78 is 68.2. The highest BCUT2D eigenvalue weighted by Gasteiger charge is 2.30. The van der Waals surface area contributed by atoms with Crippen LogP contribution >= 0.6 is 15.6 Å². The standard InChI is InChI=1S/C69H134O17P2/c1-6-10-13-16-19-22-25-26-27-28-29-30-32-35-38-44-49-54-68(73)85-64(58-79-67(72)53-48-43-37-34-31-23-20-17-14-11-7-2)60-83-87(75,76)81-56-63(70)57-82-88(77,78)84-61-65(86-69(74)55-50-45-40-39-41-46-51-62(5)9-4)59-80-66(71)52-47-42-36-33-24-21-18-15-12-8-3/h62-65,70H,6-61H2,1-5H3,(H,75,76)(H,77,78)/t62?,63-,64-,65-/m1/s1. The van der Waals surface area contributed by atoms with Crippen molar-refractivity contribution in [2.75, 3.05) is 39.6 Å². The average molecular weight is 1300 g/mol. The highest BCUT2D eigenvalue weighted by Crippen LogP contribution is 2.45. The third-order valence-electron chi connectivity index (χ3n) is 16.4. The topological polar surface area (TPSA) is 237 Å². The zero-order valence-corrected chi connectivity index (χ0v) is 58.6. The SMILES string of the molecule is CCCCCCCCCCCCCCCCCCCC(=O)O[C@H](COC(=O)CCCCCCCCCCCCC)COP(=O)(O)OC[C@@H](O)COP(=O)(O)OC[C@@H](COC(=O)CCCCCCCCCCCC)OC(=O)CCCCCCCCC(C)CC. The lowest BCUT2D eigenvalue weighted by Gasteiger charge is -2.21. The van der Waals surface area contributed by atoms with Crippen molar-refractivity contribution in [3.63, 3.8) is 0 Å². The molecule has 0 aromatic rings. The van der Waals surface area contributed by atoms with Gasteiger partial charge in [-0.05, 0) is 31.6 Å². The third kappa shape index (κ3) is 61.6. The Morgan fingerprint density at radius 1 is 0.318 bits per heavy atom. The second-order valence-electron chi connectivity index (χ2n) is 25.2. The van der Waals surface area contributed by atoms with Gasteiger partial charge in [0, 0.05) is 25.7 Å². The fraction of sp³-hybridized carbons (Fsp3) is 0.942. The van der Waals surface area contributed by atoms with Gasteiger partial charge in [0.25, 0.3) is 0 Å². The molecular formula is C69H134O17P2. The molecule has 0 aliphatic carbocycles. The molecule has 3 unspecified atom stereocenters. The van der Waals surface area contributed by atoms with Gasteiger partial charge < -0.3 is 33.8 Å². The van der Waals surface area contributed by atoms with E-state index >= 15 is 0 Å². The lowest BCUT2D eigenvalue weighted by Crippen LogP contribution is -2.30. The van der Waals surface area contributed by atoms with E-state index in [4.69, 9.17) is 37.0 Å². The smallest absolute Gasteiger partial charge is 0.462 e. The van der Waals surface area contributed by atoms with Crippen LogP contribution in [0.4, 0.5) is 0 Å². The molecule has 0 amide bonds. The molecule has 19 heteroatoms. The van der Waals surface area contributed by atoms with Crippen LogP contribution < -0.4 is 0 Å². The van der Waals surface area contributed by atoms with Gasteiger partial charge in [-0.15, -0.1) is 0 Å². The molecule has 0 saturated heterocycles. The Hall–Kier alpha value is -1.94. The first-order valence-electron chi connectivity index (χ1n) is 36.2. The summed E-state index contributed by atoms with van der Waals surface area (Å²) in [5, 5.41) is 10.6. The van der Waals surface area contributed by atoms with Crippen molar-refractivity contribution in [2.24, 2.45) is 5.92 Å². The fourth-order valence-electron chi connectivity index (χ4n) is 10.4. The quantitative estimate of drug-likeness (QED) is 0.0222. The molecule has 17 nitrogen and oxygen atoms in total. The van der Waals surface area contributed by atoms with Crippen LogP contribution in [-0.4, -0.2) is 96.7 Å². The Labute approximate surface area is 537 Å². The summed E-state index contributed by atoms with van der Waals surface area (Å²) in [5.74, 6) is -1.41. The first-order valence-corrected chi connectivity index (χ1v) is 39.2. The number of hydrogen-bond acceptors (Lipinski definition) is 15. The molecule has 0 rings (SSSR count). The van der Waals surface area contributed by atoms with E-state index in [2.05, 4.69) is 34.6 Å². The number of aliphatic hydroxyl groups is 1. The number of carbonyl (C=O) groups is 4. The molecule has 0 radical (unpaired) electrons. The summed E-state index contributed by atoms with van der Waals surface area (Å²) in [7, 11) is -9.89. The van der Waals surface area contributed by atoms with Gasteiger partial charge in [-0.2, -0.15) is 0 Å². The number of aliphatic hydroxyl groups excluding tert-OH is 1. The zero-order valence-electron chi connectivity index (χ0n) is 56.9. The van der Waals surface area contributed by atoms with Gasteiger partial charge in [0.1, 0.15) is 19.3 Å². The molecule has 88 heavy (non-hydrogen) atoms. The second-order valence-corrected chi connectivity index (χ2v) is 28.1. The van der Waals surface area contributed by atoms with Crippen LogP contribution in [0.2, 0.25) is 0 Å². The van der Waals surface area contributed by atoms with Crippen LogP contribution in [0.25, 0.3) is 0 Å². The Balaban J connectivity index is 5.22. The highest BCUT2D eigenvalue weighted by atomic mass is 31.2. The minimum absolute atomic E-state index is 0.103. The van der Waals surface area contributed by atoms with Crippen LogP contribution in [-0.2, 0) is 65.4 Å². The summed E-state index contributed by atoms with van der Waals surface area (Å²) >= 11 is 0. The lowest BCUT2D eigenvalue weighted by molar-refractivity contribution is -0.161. The highest BCUT2D eigenvalue weighted by molar-refractivity contribution is 7.47. The summed E-state index contributed by atoms with van der Waals surface area (Å²) in [6.07, 6.45) is 48.5. The van der Waals surface area contributed by atoms with Crippen molar-refractivity contribution in [3.05, 3.63) is 0 Å². The van der Waals surface area contributed by atoms with Crippen molar-refractivity contribution >= 4 is 39.5 Å². The summed E-state index contributed by atoms with van der Waals surface area (Å²) in [6.45, 7) is 7.18. The van der Waals surface area contributed by atoms with Crippen molar-refractivity contribution in [2.45, 2.75) is 374 Å². The van der Waals surface area contributed by atoms with E-state index in [1.54, 1.807) is 0 Å². The van der Waals surface area contributed by atoms with E-state index in [0.717, 1.165) is 95.8 Å². The molecule has 0 saturated carbocycles. The van der Waals surface area contributed by atoms with Crippen molar-refractivity contribution in [1.82, 2.24) is 0 Å². The van der Waals surface area contributed by atoms with Crippen LogP contribution in [0.1, 0.15) is 356 Å². The Bertz CT molecular complexity index is 1710. The number of rotatable bonds is 69. The van der Waals surface area contributed by atoms with Crippen LogP contribution in [0.5, 0.6) is 0 Å². The Morgan fingerprint density at radius 2 is 0.545 bits per heavy atom. The molecule has 6 atom stereocenters. The third-order valence-corrected chi connectivity index (χ3v) is 18.3. The van der Waals surface area contributed by atoms with E-state index in [-0.39, 0.29) is 25.7 Å². The molecule has 0 aliphatic rings. The first-order chi connectivity index (χ1) is 42.6.